The smallest absolute Gasteiger partial charge is 0.161 e. The molecule has 1 heterocycles. The second-order valence-corrected chi connectivity index (χ2v) is 4.63. The monoisotopic (exact) mass is 264 g/mol. The Labute approximate surface area is 106 Å². The lowest BCUT2D eigenvalue weighted by Crippen LogP contribution is -2.03. The lowest BCUT2D eigenvalue weighted by Gasteiger charge is -2.05. The Kier molecular flexibility index (Phi) is 3.54. The molecule has 0 radical (unpaired) electrons. The maximum atomic E-state index is 10.8. The van der Waals surface area contributed by atoms with Crippen LogP contribution in [0.25, 0.3) is 11.4 Å². The van der Waals surface area contributed by atoms with E-state index in [1.165, 1.54) is 6.07 Å². The number of rotatable bonds is 3. The Morgan fingerprint density at radius 1 is 1.17 bits per heavy atom. The second-order valence-electron chi connectivity index (χ2n) is 3.70. The van der Waals surface area contributed by atoms with Crippen molar-refractivity contribution in [3.63, 3.8) is 0 Å². The van der Waals surface area contributed by atoms with Crippen LogP contribution in [0.3, 0.4) is 0 Å². The molecule has 7 heteroatoms. The highest BCUT2D eigenvalue weighted by molar-refractivity contribution is 7.78. The maximum absolute atomic E-state index is 10.8. The van der Waals surface area contributed by atoms with Crippen molar-refractivity contribution in [2.45, 2.75) is 5.75 Å². The van der Waals surface area contributed by atoms with Crippen LogP contribution in [0.4, 0.5) is 11.5 Å². The van der Waals surface area contributed by atoms with Gasteiger partial charge in [-0.15, -0.1) is 0 Å². The lowest BCUT2D eigenvalue weighted by molar-refractivity contribution is 0.563. The van der Waals surface area contributed by atoms with Crippen LogP contribution in [0.2, 0.25) is 0 Å². The van der Waals surface area contributed by atoms with Gasteiger partial charge in [0.25, 0.3) is 0 Å². The van der Waals surface area contributed by atoms with Gasteiger partial charge in [0.2, 0.25) is 0 Å². The van der Waals surface area contributed by atoms with Crippen molar-refractivity contribution in [2.24, 2.45) is 0 Å². The third-order valence-corrected chi connectivity index (χ3v) is 2.78. The summed E-state index contributed by atoms with van der Waals surface area (Å²) in [5, 5.41) is 0. The number of benzene rings is 1. The van der Waals surface area contributed by atoms with E-state index < -0.39 is 11.1 Å². The van der Waals surface area contributed by atoms with Gasteiger partial charge in [-0.1, -0.05) is 0 Å². The van der Waals surface area contributed by atoms with Gasteiger partial charge in [-0.25, -0.2) is 14.2 Å². The Morgan fingerprint density at radius 3 is 2.44 bits per heavy atom. The number of hydrogen-bond donors (Lipinski definition) is 3. The molecule has 0 aliphatic heterocycles. The molecule has 1 unspecified atom stereocenters. The molecule has 1 atom stereocenters. The normalized spacial score (nSPS) is 12.3. The van der Waals surface area contributed by atoms with Crippen LogP contribution in [0, 0.1) is 0 Å². The molecule has 0 saturated carbocycles. The predicted molar refractivity (Wildman–Crippen MR) is 70.8 cm³/mol. The zero-order chi connectivity index (χ0) is 13.1. The third kappa shape index (κ3) is 3.02. The molecule has 0 amide bonds. The number of hydrogen-bond acceptors (Lipinski definition) is 5. The maximum Gasteiger partial charge on any atom is 0.161 e. The van der Waals surface area contributed by atoms with Gasteiger partial charge in [0.15, 0.2) is 16.9 Å². The van der Waals surface area contributed by atoms with Crippen molar-refractivity contribution in [3.05, 3.63) is 36.0 Å². The number of aromatic nitrogens is 2. The molecule has 1 aromatic carbocycles. The molecule has 2 rings (SSSR count). The Hall–Kier alpha value is -1.99. The van der Waals surface area contributed by atoms with Crippen LogP contribution in [0.5, 0.6) is 0 Å². The van der Waals surface area contributed by atoms with Gasteiger partial charge in [-0.2, -0.15) is 0 Å². The van der Waals surface area contributed by atoms with Crippen LogP contribution in [-0.4, -0.2) is 18.7 Å². The van der Waals surface area contributed by atoms with E-state index in [1.807, 2.05) is 0 Å². The minimum Gasteiger partial charge on any atom is -0.399 e. The van der Waals surface area contributed by atoms with Crippen molar-refractivity contribution in [3.8, 4) is 11.4 Å². The molecule has 0 saturated heterocycles. The first kappa shape index (κ1) is 12.5. The number of nitrogens with two attached hydrogens (primary N) is 2. The van der Waals surface area contributed by atoms with Crippen molar-refractivity contribution in [2.75, 3.05) is 11.5 Å². The van der Waals surface area contributed by atoms with E-state index in [4.69, 9.17) is 16.0 Å². The molecule has 0 fully saturated rings. The average Bonchev–Trinajstić information content (AvgIpc) is 2.28. The summed E-state index contributed by atoms with van der Waals surface area (Å²) in [5.41, 5.74) is 13.1. The van der Waals surface area contributed by atoms with E-state index in [1.54, 1.807) is 24.3 Å². The van der Waals surface area contributed by atoms with E-state index in [-0.39, 0.29) is 11.6 Å². The summed E-state index contributed by atoms with van der Waals surface area (Å²) >= 11 is -1.96. The highest BCUT2D eigenvalue weighted by Gasteiger charge is 2.07. The SMILES string of the molecule is Nc1ccc(-c2nc(N)cc(CS(=O)O)n2)cc1. The van der Waals surface area contributed by atoms with E-state index in [0.29, 0.717) is 17.2 Å². The molecule has 6 nitrogen and oxygen atoms in total. The lowest BCUT2D eigenvalue weighted by atomic mass is 10.2. The summed E-state index contributed by atoms with van der Waals surface area (Å²) in [6.45, 7) is 0. The Morgan fingerprint density at radius 2 is 1.83 bits per heavy atom. The van der Waals surface area contributed by atoms with Gasteiger partial charge in [0, 0.05) is 17.3 Å². The third-order valence-electron chi connectivity index (χ3n) is 2.24. The van der Waals surface area contributed by atoms with Crippen molar-refractivity contribution >= 4 is 22.6 Å². The summed E-state index contributed by atoms with van der Waals surface area (Å²) in [6.07, 6.45) is 0. The Balaban J connectivity index is 2.41. The average molecular weight is 264 g/mol. The van der Waals surface area contributed by atoms with E-state index in [2.05, 4.69) is 9.97 Å². The number of anilines is 2. The predicted octanol–water partition coefficient (Wildman–Crippen LogP) is 1.03. The number of nitrogens with zero attached hydrogens (tertiary/aromatic N) is 2. The second kappa shape index (κ2) is 5.11. The quantitative estimate of drug-likeness (QED) is 0.563. The minimum atomic E-state index is -1.96. The Bertz CT molecular complexity index is 586. The van der Waals surface area contributed by atoms with Crippen LogP contribution in [-0.2, 0) is 16.8 Å². The molecule has 1 aromatic heterocycles. The van der Waals surface area contributed by atoms with Gasteiger partial charge < -0.3 is 16.0 Å². The van der Waals surface area contributed by atoms with Crippen LogP contribution >= 0.6 is 0 Å². The van der Waals surface area contributed by atoms with Crippen molar-refractivity contribution in [1.29, 1.82) is 0 Å². The summed E-state index contributed by atoms with van der Waals surface area (Å²) in [7, 11) is 0. The highest BCUT2D eigenvalue weighted by atomic mass is 32.2. The first-order chi connectivity index (χ1) is 8.54. The van der Waals surface area contributed by atoms with E-state index in [9.17, 15) is 4.21 Å². The molecule has 0 aliphatic rings. The largest absolute Gasteiger partial charge is 0.399 e. The van der Waals surface area contributed by atoms with E-state index in [0.717, 1.165) is 5.56 Å². The summed E-state index contributed by atoms with van der Waals surface area (Å²) in [4.78, 5) is 8.27. The molecule has 2 aromatic rings. The van der Waals surface area contributed by atoms with E-state index >= 15 is 0 Å². The van der Waals surface area contributed by atoms with Gasteiger partial charge in [0.05, 0.1) is 11.4 Å². The standard InChI is InChI=1S/C11H12N4O2S/c12-8-3-1-7(2-4-8)11-14-9(6-18(16)17)5-10(13)15-11/h1-5H,6,12H2,(H,16,17)(H2,13,14,15). The molecule has 94 valence electrons. The minimum absolute atomic E-state index is 0.0747. The molecular formula is C11H12N4O2S. The summed E-state index contributed by atoms with van der Waals surface area (Å²) < 4.78 is 19.6. The molecule has 0 aliphatic carbocycles. The van der Waals surface area contributed by atoms with Gasteiger partial charge in [-0.05, 0) is 24.3 Å². The zero-order valence-corrected chi connectivity index (χ0v) is 10.2. The first-order valence-corrected chi connectivity index (χ1v) is 6.39. The molecule has 18 heavy (non-hydrogen) atoms. The number of nitrogen functional groups attached to an aromatic ring is 2. The summed E-state index contributed by atoms with van der Waals surface area (Å²) in [5.74, 6) is 0.599. The summed E-state index contributed by atoms with van der Waals surface area (Å²) in [6, 6.07) is 8.47. The topological polar surface area (TPSA) is 115 Å². The van der Waals surface area contributed by atoms with Gasteiger partial charge in [0.1, 0.15) is 5.82 Å². The van der Waals surface area contributed by atoms with Crippen LogP contribution in [0.1, 0.15) is 5.69 Å². The molecule has 5 N–H and O–H groups in total. The van der Waals surface area contributed by atoms with Crippen molar-refractivity contribution < 1.29 is 8.76 Å². The molecule has 0 spiro atoms. The fourth-order valence-corrected chi connectivity index (χ4v) is 1.88. The zero-order valence-electron chi connectivity index (χ0n) is 9.41. The van der Waals surface area contributed by atoms with Crippen LogP contribution < -0.4 is 11.5 Å². The fraction of sp³-hybridized carbons (Fsp3) is 0.0909. The van der Waals surface area contributed by atoms with Crippen molar-refractivity contribution in [1.82, 2.24) is 9.97 Å². The molecular weight excluding hydrogens is 252 g/mol. The van der Waals surface area contributed by atoms with Crippen LogP contribution in [0.15, 0.2) is 30.3 Å². The first-order valence-electron chi connectivity index (χ1n) is 5.11. The molecule has 0 bridgehead atoms. The van der Waals surface area contributed by atoms with Gasteiger partial charge >= 0.3 is 0 Å². The van der Waals surface area contributed by atoms with Gasteiger partial charge in [-0.3, -0.25) is 0 Å². The fourth-order valence-electron chi connectivity index (χ4n) is 1.48. The highest BCUT2D eigenvalue weighted by Crippen LogP contribution is 2.18.